The van der Waals surface area contributed by atoms with E-state index in [4.69, 9.17) is 4.74 Å². The first-order valence-electron chi connectivity index (χ1n) is 7.06. The number of amides is 2. The molecule has 0 aliphatic rings. The van der Waals surface area contributed by atoms with E-state index in [1.807, 2.05) is 6.07 Å². The maximum Gasteiger partial charge on any atom is 0.313 e. The molecular weight excluding hydrogens is 336 g/mol. The van der Waals surface area contributed by atoms with Crippen molar-refractivity contribution in [3.8, 4) is 0 Å². The highest BCUT2D eigenvalue weighted by atomic mass is 79.9. The lowest BCUT2D eigenvalue weighted by molar-refractivity contribution is -0.136. The molecule has 1 rings (SSSR count). The predicted molar refractivity (Wildman–Crippen MR) is 86.1 cm³/mol. The molecule has 0 fully saturated rings. The van der Waals surface area contributed by atoms with Crippen LogP contribution in [0.25, 0.3) is 0 Å². The number of halogens is 1. The summed E-state index contributed by atoms with van der Waals surface area (Å²) < 4.78 is 6.10. The zero-order chi connectivity index (χ0) is 15.5. The van der Waals surface area contributed by atoms with Crippen molar-refractivity contribution < 1.29 is 14.3 Å². The third-order valence-electron chi connectivity index (χ3n) is 2.72. The molecule has 1 aromatic rings. The van der Waals surface area contributed by atoms with E-state index in [0.29, 0.717) is 25.3 Å². The Labute approximate surface area is 133 Å². The van der Waals surface area contributed by atoms with Gasteiger partial charge in [-0.15, -0.1) is 0 Å². The lowest BCUT2D eigenvalue weighted by atomic mass is 10.3. The monoisotopic (exact) mass is 356 g/mol. The molecular formula is C15H21BrN2O3. The van der Waals surface area contributed by atoms with Gasteiger partial charge in [-0.2, -0.15) is 0 Å². The average Bonchev–Trinajstić information content (AvgIpc) is 2.48. The molecule has 0 atom stereocenters. The number of anilines is 1. The van der Waals surface area contributed by atoms with Crippen LogP contribution in [0.2, 0.25) is 0 Å². The minimum atomic E-state index is -0.672. The summed E-state index contributed by atoms with van der Waals surface area (Å²) in [6.07, 6.45) is 2.84. The van der Waals surface area contributed by atoms with Crippen LogP contribution in [0, 0.1) is 0 Å². The third kappa shape index (κ3) is 7.24. The average molecular weight is 357 g/mol. The molecule has 0 saturated carbocycles. The Morgan fingerprint density at radius 3 is 2.57 bits per heavy atom. The van der Waals surface area contributed by atoms with Gasteiger partial charge < -0.3 is 15.4 Å². The zero-order valence-corrected chi connectivity index (χ0v) is 13.7. The second-order valence-electron chi connectivity index (χ2n) is 4.51. The van der Waals surface area contributed by atoms with Crippen molar-refractivity contribution in [1.29, 1.82) is 0 Å². The van der Waals surface area contributed by atoms with Crippen LogP contribution in [0.1, 0.15) is 26.2 Å². The SMILES string of the molecule is CCCCOCCCNC(=O)C(=O)Nc1ccccc1Br. The summed E-state index contributed by atoms with van der Waals surface area (Å²) in [6, 6.07) is 7.13. The number of rotatable bonds is 8. The molecule has 116 valence electrons. The Morgan fingerprint density at radius 1 is 1.14 bits per heavy atom. The standard InChI is InChI=1S/C15H21BrN2O3/c1-2-3-10-21-11-6-9-17-14(19)15(20)18-13-8-5-4-7-12(13)16/h4-5,7-8H,2-3,6,9-11H2,1H3,(H,17,19)(H,18,20). The molecule has 0 aliphatic heterocycles. The molecule has 0 spiro atoms. The summed E-state index contributed by atoms with van der Waals surface area (Å²) in [7, 11) is 0. The molecule has 0 saturated heterocycles. The number of ether oxygens (including phenoxy) is 1. The minimum absolute atomic E-state index is 0.425. The Balaban J connectivity index is 2.20. The summed E-state index contributed by atoms with van der Waals surface area (Å²) in [5.74, 6) is -1.31. The first-order valence-corrected chi connectivity index (χ1v) is 7.86. The number of unbranched alkanes of at least 4 members (excludes halogenated alkanes) is 1. The normalized spacial score (nSPS) is 10.2. The fraction of sp³-hybridized carbons (Fsp3) is 0.467. The molecule has 0 radical (unpaired) electrons. The number of hydrogen-bond acceptors (Lipinski definition) is 3. The van der Waals surface area contributed by atoms with Gasteiger partial charge in [-0.1, -0.05) is 25.5 Å². The van der Waals surface area contributed by atoms with Crippen LogP contribution < -0.4 is 10.6 Å². The van der Waals surface area contributed by atoms with Crippen LogP contribution in [0.15, 0.2) is 28.7 Å². The van der Waals surface area contributed by atoms with E-state index in [2.05, 4.69) is 33.5 Å². The van der Waals surface area contributed by atoms with Crippen LogP contribution in [0.4, 0.5) is 5.69 Å². The quantitative estimate of drug-likeness (QED) is 0.555. The Hall–Kier alpha value is -1.40. The van der Waals surface area contributed by atoms with Crippen LogP contribution in [0.5, 0.6) is 0 Å². The number of carbonyl (C=O) groups excluding carboxylic acids is 2. The van der Waals surface area contributed by atoms with Gasteiger partial charge in [-0.25, -0.2) is 0 Å². The minimum Gasteiger partial charge on any atom is -0.381 e. The van der Waals surface area contributed by atoms with Gasteiger partial charge in [0.2, 0.25) is 0 Å². The van der Waals surface area contributed by atoms with Crippen molar-refractivity contribution in [2.24, 2.45) is 0 Å². The Bertz CT molecular complexity index is 466. The first-order chi connectivity index (χ1) is 10.1. The van der Waals surface area contributed by atoms with E-state index < -0.39 is 11.8 Å². The lowest BCUT2D eigenvalue weighted by Gasteiger charge is -2.08. The largest absolute Gasteiger partial charge is 0.381 e. The smallest absolute Gasteiger partial charge is 0.313 e. The summed E-state index contributed by atoms with van der Waals surface area (Å²) in [4.78, 5) is 23.3. The second-order valence-corrected chi connectivity index (χ2v) is 5.36. The van der Waals surface area contributed by atoms with E-state index in [1.165, 1.54) is 0 Å². The van der Waals surface area contributed by atoms with Gasteiger partial charge >= 0.3 is 11.8 Å². The van der Waals surface area contributed by atoms with Gasteiger partial charge in [0.25, 0.3) is 0 Å². The molecule has 1 aromatic carbocycles. The highest BCUT2D eigenvalue weighted by molar-refractivity contribution is 9.10. The molecule has 6 heteroatoms. The Morgan fingerprint density at radius 2 is 1.86 bits per heavy atom. The molecule has 2 amide bonds. The summed E-state index contributed by atoms with van der Waals surface area (Å²) >= 11 is 3.30. The van der Waals surface area contributed by atoms with Crippen LogP contribution in [0.3, 0.4) is 0 Å². The molecule has 0 aliphatic carbocycles. The molecule has 21 heavy (non-hydrogen) atoms. The lowest BCUT2D eigenvalue weighted by Crippen LogP contribution is -2.36. The second kappa shape index (κ2) is 10.3. The van der Waals surface area contributed by atoms with Gasteiger partial charge in [0.1, 0.15) is 0 Å². The molecule has 0 unspecified atom stereocenters. The van der Waals surface area contributed by atoms with E-state index in [-0.39, 0.29) is 0 Å². The number of nitrogens with one attached hydrogen (secondary N) is 2. The zero-order valence-electron chi connectivity index (χ0n) is 12.2. The Kier molecular flexibility index (Phi) is 8.69. The molecule has 0 heterocycles. The summed E-state index contributed by atoms with van der Waals surface area (Å²) in [5.41, 5.74) is 0.570. The first kappa shape index (κ1) is 17.7. The van der Waals surface area contributed by atoms with E-state index in [0.717, 1.165) is 23.9 Å². The van der Waals surface area contributed by atoms with Crippen molar-refractivity contribution in [3.05, 3.63) is 28.7 Å². The number of hydrogen-bond donors (Lipinski definition) is 2. The number of para-hydroxylation sites is 1. The maximum absolute atomic E-state index is 11.7. The van der Waals surface area contributed by atoms with Crippen molar-refractivity contribution in [2.45, 2.75) is 26.2 Å². The van der Waals surface area contributed by atoms with Gasteiger partial charge in [0.05, 0.1) is 5.69 Å². The highest BCUT2D eigenvalue weighted by Gasteiger charge is 2.13. The maximum atomic E-state index is 11.7. The van der Waals surface area contributed by atoms with Crippen molar-refractivity contribution in [2.75, 3.05) is 25.1 Å². The predicted octanol–water partition coefficient (Wildman–Crippen LogP) is 2.71. The van der Waals surface area contributed by atoms with Gasteiger partial charge in [-0.05, 0) is 40.9 Å². The fourth-order valence-electron chi connectivity index (χ4n) is 1.55. The van der Waals surface area contributed by atoms with Gasteiger partial charge in [-0.3, -0.25) is 9.59 Å². The summed E-state index contributed by atoms with van der Waals surface area (Å²) in [5, 5.41) is 5.12. The fourth-order valence-corrected chi connectivity index (χ4v) is 1.93. The molecule has 5 nitrogen and oxygen atoms in total. The van der Waals surface area contributed by atoms with Crippen LogP contribution in [-0.4, -0.2) is 31.6 Å². The van der Waals surface area contributed by atoms with E-state index >= 15 is 0 Å². The number of carbonyl (C=O) groups is 2. The van der Waals surface area contributed by atoms with Crippen LogP contribution in [-0.2, 0) is 14.3 Å². The third-order valence-corrected chi connectivity index (χ3v) is 3.41. The van der Waals surface area contributed by atoms with Gasteiger partial charge in [0.15, 0.2) is 0 Å². The van der Waals surface area contributed by atoms with Crippen molar-refractivity contribution in [3.63, 3.8) is 0 Å². The molecule has 2 N–H and O–H groups in total. The van der Waals surface area contributed by atoms with Crippen molar-refractivity contribution >= 4 is 33.4 Å². The molecule has 0 bridgehead atoms. The summed E-state index contributed by atoms with van der Waals surface area (Å²) in [6.45, 7) is 3.86. The highest BCUT2D eigenvalue weighted by Crippen LogP contribution is 2.20. The molecule has 0 aromatic heterocycles. The van der Waals surface area contributed by atoms with E-state index in [9.17, 15) is 9.59 Å². The van der Waals surface area contributed by atoms with Crippen molar-refractivity contribution in [1.82, 2.24) is 5.32 Å². The van der Waals surface area contributed by atoms with Gasteiger partial charge in [0, 0.05) is 24.2 Å². The van der Waals surface area contributed by atoms with Crippen LogP contribution >= 0.6 is 15.9 Å². The topological polar surface area (TPSA) is 67.4 Å². The number of benzene rings is 1. The van der Waals surface area contributed by atoms with E-state index in [1.54, 1.807) is 18.2 Å².